The molecule has 0 fully saturated rings. The van der Waals surface area contributed by atoms with Gasteiger partial charge in [0.05, 0.1) is 20.4 Å². The minimum Gasteiger partial charge on any atom is -0.493 e. The minimum atomic E-state index is 0.496. The van der Waals surface area contributed by atoms with Crippen molar-refractivity contribution in [3.63, 3.8) is 0 Å². The van der Waals surface area contributed by atoms with Gasteiger partial charge in [0.2, 0.25) is 5.95 Å². The number of methoxy groups -OCH3 is 2. The molecule has 0 saturated heterocycles. The summed E-state index contributed by atoms with van der Waals surface area (Å²) in [5, 5.41) is 11.3. The second kappa shape index (κ2) is 8.84. The van der Waals surface area contributed by atoms with Crippen molar-refractivity contribution < 1.29 is 9.47 Å². The van der Waals surface area contributed by atoms with E-state index in [2.05, 4.69) is 20.5 Å². The monoisotopic (exact) mass is 365 g/mol. The summed E-state index contributed by atoms with van der Waals surface area (Å²) < 4.78 is 10.6. The van der Waals surface area contributed by atoms with Crippen molar-refractivity contribution >= 4 is 17.5 Å². The lowest BCUT2D eigenvalue weighted by Gasteiger charge is -2.18. The number of hydrogen-bond donors (Lipinski definition) is 1. The van der Waals surface area contributed by atoms with E-state index in [0.29, 0.717) is 12.5 Å². The van der Waals surface area contributed by atoms with Gasteiger partial charge in [-0.25, -0.2) is 0 Å². The van der Waals surface area contributed by atoms with Crippen molar-refractivity contribution in [1.29, 1.82) is 0 Å². The predicted octanol–water partition coefficient (Wildman–Crippen LogP) is 3.31. The molecule has 0 spiro atoms. The SMILES string of the molecule is COc1ccc(CCNc2nncc(N(C)c3ccccc3)n2)cc1OC. The van der Waals surface area contributed by atoms with E-state index >= 15 is 0 Å². The second-order valence-corrected chi connectivity index (χ2v) is 5.90. The Morgan fingerprint density at radius 3 is 2.52 bits per heavy atom. The first-order valence-corrected chi connectivity index (χ1v) is 8.64. The summed E-state index contributed by atoms with van der Waals surface area (Å²) in [5.74, 6) is 2.67. The van der Waals surface area contributed by atoms with Gasteiger partial charge in [0.15, 0.2) is 17.3 Å². The third kappa shape index (κ3) is 4.63. The highest BCUT2D eigenvalue weighted by molar-refractivity contribution is 5.58. The Morgan fingerprint density at radius 2 is 1.78 bits per heavy atom. The predicted molar refractivity (Wildman–Crippen MR) is 106 cm³/mol. The van der Waals surface area contributed by atoms with Crippen molar-refractivity contribution in [1.82, 2.24) is 15.2 Å². The van der Waals surface area contributed by atoms with E-state index in [9.17, 15) is 0 Å². The lowest BCUT2D eigenvalue weighted by molar-refractivity contribution is 0.354. The van der Waals surface area contributed by atoms with Gasteiger partial charge in [-0.15, -0.1) is 5.10 Å². The number of nitrogens with one attached hydrogen (secondary N) is 1. The summed E-state index contributed by atoms with van der Waals surface area (Å²) >= 11 is 0. The van der Waals surface area contributed by atoms with Crippen LogP contribution in [0.5, 0.6) is 11.5 Å². The molecule has 3 aromatic rings. The Morgan fingerprint density at radius 1 is 1.00 bits per heavy atom. The van der Waals surface area contributed by atoms with Gasteiger partial charge in [0, 0.05) is 19.3 Å². The molecular weight excluding hydrogens is 342 g/mol. The van der Waals surface area contributed by atoms with Gasteiger partial charge in [-0.05, 0) is 36.2 Å². The smallest absolute Gasteiger partial charge is 0.244 e. The Kier molecular flexibility index (Phi) is 6.04. The average molecular weight is 365 g/mol. The zero-order valence-corrected chi connectivity index (χ0v) is 15.7. The molecule has 0 radical (unpaired) electrons. The molecule has 1 aromatic heterocycles. The Hall–Kier alpha value is -3.35. The van der Waals surface area contributed by atoms with Gasteiger partial charge in [-0.1, -0.05) is 24.3 Å². The van der Waals surface area contributed by atoms with Gasteiger partial charge < -0.3 is 19.7 Å². The molecular formula is C20H23N5O2. The molecule has 0 amide bonds. The quantitative estimate of drug-likeness (QED) is 0.656. The maximum atomic E-state index is 5.34. The molecule has 140 valence electrons. The van der Waals surface area contributed by atoms with Crippen LogP contribution in [-0.4, -0.2) is 43.0 Å². The number of ether oxygens (including phenoxy) is 2. The van der Waals surface area contributed by atoms with E-state index in [1.165, 1.54) is 0 Å². The highest BCUT2D eigenvalue weighted by Gasteiger charge is 2.08. The van der Waals surface area contributed by atoms with Crippen molar-refractivity contribution in [3.05, 3.63) is 60.3 Å². The van der Waals surface area contributed by atoms with Gasteiger partial charge in [-0.2, -0.15) is 10.1 Å². The molecule has 0 bridgehead atoms. The molecule has 2 aromatic carbocycles. The number of aromatic nitrogens is 3. The lowest BCUT2D eigenvalue weighted by Crippen LogP contribution is -2.15. The molecule has 0 aliphatic heterocycles. The lowest BCUT2D eigenvalue weighted by atomic mass is 10.1. The van der Waals surface area contributed by atoms with E-state index in [4.69, 9.17) is 9.47 Å². The van der Waals surface area contributed by atoms with E-state index in [0.717, 1.165) is 35.0 Å². The molecule has 0 aliphatic rings. The van der Waals surface area contributed by atoms with E-state index < -0.39 is 0 Å². The first-order chi connectivity index (χ1) is 13.2. The molecule has 27 heavy (non-hydrogen) atoms. The summed E-state index contributed by atoms with van der Waals surface area (Å²) in [6, 6.07) is 15.9. The summed E-state index contributed by atoms with van der Waals surface area (Å²) in [6.07, 6.45) is 2.44. The van der Waals surface area contributed by atoms with Gasteiger partial charge in [-0.3, -0.25) is 0 Å². The number of hydrogen-bond acceptors (Lipinski definition) is 7. The van der Waals surface area contributed by atoms with Crippen LogP contribution < -0.4 is 19.7 Å². The molecule has 0 unspecified atom stereocenters. The highest BCUT2D eigenvalue weighted by Crippen LogP contribution is 2.27. The topological polar surface area (TPSA) is 72.4 Å². The van der Waals surface area contributed by atoms with Crippen LogP contribution >= 0.6 is 0 Å². The highest BCUT2D eigenvalue weighted by atomic mass is 16.5. The summed E-state index contributed by atoms with van der Waals surface area (Å²) in [4.78, 5) is 6.50. The van der Waals surface area contributed by atoms with Crippen LogP contribution in [0.2, 0.25) is 0 Å². The number of rotatable bonds is 8. The van der Waals surface area contributed by atoms with Crippen LogP contribution in [0, 0.1) is 0 Å². The maximum Gasteiger partial charge on any atom is 0.244 e. The third-order valence-corrected chi connectivity index (χ3v) is 4.18. The first kappa shape index (κ1) is 18.4. The Bertz CT molecular complexity index is 873. The standard InChI is InChI=1S/C20H23N5O2/c1-25(16-7-5-4-6-8-16)19-14-22-24-20(23-19)21-12-11-15-9-10-17(26-2)18(13-15)27-3/h4-10,13-14H,11-12H2,1-3H3,(H,21,23,24). The van der Waals surface area contributed by atoms with Crippen LogP contribution in [-0.2, 0) is 6.42 Å². The van der Waals surface area contributed by atoms with Crippen molar-refractivity contribution in [2.24, 2.45) is 0 Å². The first-order valence-electron chi connectivity index (χ1n) is 8.64. The molecule has 7 nitrogen and oxygen atoms in total. The van der Waals surface area contributed by atoms with Crippen LogP contribution in [0.15, 0.2) is 54.7 Å². The zero-order chi connectivity index (χ0) is 19.1. The maximum absolute atomic E-state index is 5.34. The molecule has 0 atom stereocenters. The third-order valence-electron chi connectivity index (χ3n) is 4.18. The minimum absolute atomic E-state index is 0.496. The van der Waals surface area contributed by atoms with Gasteiger partial charge in [0.1, 0.15) is 0 Å². The van der Waals surface area contributed by atoms with E-state index in [1.807, 2.05) is 60.5 Å². The number of anilines is 3. The van der Waals surface area contributed by atoms with Crippen LogP contribution in [0.4, 0.5) is 17.5 Å². The van der Waals surface area contributed by atoms with Crippen molar-refractivity contribution in [3.8, 4) is 11.5 Å². The fourth-order valence-corrected chi connectivity index (χ4v) is 2.67. The Labute approximate surface area is 159 Å². The Balaban J connectivity index is 1.62. The molecule has 0 saturated carbocycles. The van der Waals surface area contributed by atoms with Crippen LogP contribution in [0.1, 0.15) is 5.56 Å². The van der Waals surface area contributed by atoms with Gasteiger partial charge >= 0.3 is 0 Å². The normalized spacial score (nSPS) is 10.3. The summed E-state index contributed by atoms with van der Waals surface area (Å²) in [7, 11) is 5.21. The van der Waals surface area contributed by atoms with E-state index in [1.54, 1.807) is 20.4 Å². The fraction of sp³-hybridized carbons (Fsp3) is 0.250. The molecule has 3 rings (SSSR count). The molecule has 0 aliphatic carbocycles. The van der Waals surface area contributed by atoms with Crippen molar-refractivity contribution in [2.75, 3.05) is 38.0 Å². The van der Waals surface area contributed by atoms with Gasteiger partial charge in [0.25, 0.3) is 0 Å². The molecule has 7 heteroatoms. The summed E-state index contributed by atoms with van der Waals surface area (Å²) in [5.41, 5.74) is 2.17. The van der Waals surface area contributed by atoms with E-state index in [-0.39, 0.29) is 0 Å². The fourth-order valence-electron chi connectivity index (χ4n) is 2.67. The summed E-state index contributed by atoms with van der Waals surface area (Å²) in [6.45, 7) is 0.676. The van der Waals surface area contributed by atoms with Crippen LogP contribution in [0.3, 0.4) is 0 Å². The average Bonchev–Trinajstić information content (AvgIpc) is 2.74. The number of nitrogens with zero attached hydrogens (tertiary/aromatic N) is 4. The number of para-hydroxylation sites is 1. The van der Waals surface area contributed by atoms with Crippen molar-refractivity contribution in [2.45, 2.75) is 6.42 Å². The largest absolute Gasteiger partial charge is 0.493 e. The van der Waals surface area contributed by atoms with Crippen LogP contribution in [0.25, 0.3) is 0 Å². The molecule has 1 heterocycles. The number of benzene rings is 2. The zero-order valence-electron chi connectivity index (χ0n) is 15.7. The molecule has 1 N–H and O–H groups in total. The second-order valence-electron chi connectivity index (χ2n) is 5.90.